The maximum atomic E-state index is 13.4. The summed E-state index contributed by atoms with van der Waals surface area (Å²) in [7, 11) is 2.87. The number of carbonyl (C=O) groups excluding carboxylic acids is 2. The Morgan fingerprint density at radius 2 is 2.00 bits per heavy atom. The van der Waals surface area contributed by atoms with Crippen LogP contribution in [0.5, 0.6) is 11.5 Å². The van der Waals surface area contributed by atoms with Gasteiger partial charge in [-0.1, -0.05) is 12.1 Å². The maximum absolute atomic E-state index is 13.4. The molecule has 38 heavy (non-hydrogen) atoms. The number of pyridine rings is 2. The molecule has 0 spiro atoms. The Bertz CT molecular complexity index is 1630. The first-order valence-corrected chi connectivity index (χ1v) is 11.6. The Morgan fingerprint density at radius 3 is 2.66 bits per heavy atom. The van der Waals surface area contributed by atoms with Crippen LogP contribution in [0.1, 0.15) is 38.1 Å². The van der Waals surface area contributed by atoms with E-state index in [0.29, 0.717) is 5.56 Å². The van der Waals surface area contributed by atoms with Crippen LogP contribution in [0.25, 0.3) is 11.0 Å². The normalized spacial score (nSPS) is 14.3. The fourth-order valence-corrected chi connectivity index (χ4v) is 4.42. The van der Waals surface area contributed by atoms with Gasteiger partial charge >= 0.3 is 11.8 Å². The molecule has 196 valence electrons. The molecule has 2 amide bonds. The minimum Gasteiger partial charge on any atom is -0.505 e. The third-order valence-corrected chi connectivity index (χ3v) is 6.24. The zero-order chi connectivity index (χ0) is 27.1. The molecule has 0 unspecified atom stereocenters. The summed E-state index contributed by atoms with van der Waals surface area (Å²) < 4.78 is 26.3. The van der Waals surface area contributed by atoms with E-state index in [1.807, 2.05) is 0 Å². The number of hydrogen-bond acceptors (Lipinski definition) is 9. The topological polar surface area (TPSA) is 153 Å². The van der Waals surface area contributed by atoms with Crippen molar-refractivity contribution in [3.05, 3.63) is 75.1 Å². The number of aryl methyl sites for hydroxylation is 1. The zero-order valence-corrected chi connectivity index (χ0v) is 20.7. The zero-order valence-electron chi connectivity index (χ0n) is 20.7. The van der Waals surface area contributed by atoms with Gasteiger partial charge in [-0.05, 0) is 17.7 Å². The van der Waals surface area contributed by atoms with Crippen molar-refractivity contribution in [3.63, 3.8) is 0 Å². The smallest absolute Gasteiger partial charge is 0.311 e. The van der Waals surface area contributed by atoms with Gasteiger partial charge in [-0.2, -0.15) is 0 Å². The monoisotopic (exact) mass is 522 g/mol. The Balaban J connectivity index is 1.59. The SMILES string of the molecule is CNC(=O)c1c(O)c2ncc(Cc3ccc(F)cc3)c3c2n(c1=O)C[C@H](CN(C)C(=O)c1nnc(C)o1)O3. The molecule has 0 aliphatic carbocycles. The highest BCUT2D eigenvalue weighted by Gasteiger charge is 2.33. The predicted octanol–water partition coefficient (Wildman–Crippen LogP) is 1.42. The van der Waals surface area contributed by atoms with Gasteiger partial charge in [0, 0.05) is 39.2 Å². The summed E-state index contributed by atoms with van der Waals surface area (Å²) in [5, 5.41) is 20.6. The number of nitrogens with zero attached hydrogens (tertiary/aromatic N) is 5. The molecule has 0 saturated heterocycles. The van der Waals surface area contributed by atoms with E-state index in [1.165, 1.54) is 41.9 Å². The van der Waals surface area contributed by atoms with Crippen molar-refractivity contribution >= 4 is 22.8 Å². The minimum atomic E-state index is -0.765. The average Bonchev–Trinajstić information content (AvgIpc) is 3.34. The van der Waals surface area contributed by atoms with Gasteiger partial charge in [0.1, 0.15) is 28.5 Å². The van der Waals surface area contributed by atoms with Crippen molar-refractivity contribution in [2.24, 2.45) is 0 Å². The quantitative estimate of drug-likeness (QED) is 0.383. The van der Waals surface area contributed by atoms with E-state index < -0.39 is 34.8 Å². The molecule has 12 nitrogen and oxygen atoms in total. The molecule has 3 aromatic heterocycles. The first kappa shape index (κ1) is 24.9. The lowest BCUT2D eigenvalue weighted by molar-refractivity contribution is 0.0643. The lowest BCUT2D eigenvalue weighted by Crippen LogP contribution is -2.44. The van der Waals surface area contributed by atoms with Gasteiger partial charge in [0.05, 0.1) is 13.1 Å². The summed E-state index contributed by atoms with van der Waals surface area (Å²) in [4.78, 5) is 44.3. The fraction of sp³-hybridized carbons (Fsp3) is 0.280. The van der Waals surface area contributed by atoms with Crippen LogP contribution in [-0.2, 0) is 13.0 Å². The highest BCUT2D eigenvalue weighted by atomic mass is 19.1. The van der Waals surface area contributed by atoms with Gasteiger partial charge in [0.2, 0.25) is 5.89 Å². The summed E-state index contributed by atoms with van der Waals surface area (Å²) in [6.07, 6.45) is 1.03. The number of hydrogen-bond donors (Lipinski definition) is 2. The van der Waals surface area contributed by atoms with Crippen LogP contribution in [0, 0.1) is 12.7 Å². The van der Waals surface area contributed by atoms with Crippen molar-refractivity contribution in [3.8, 4) is 11.5 Å². The number of amides is 2. The highest BCUT2D eigenvalue weighted by molar-refractivity contribution is 6.02. The number of ether oxygens (including phenoxy) is 1. The van der Waals surface area contributed by atoms with Crippen molar-refractivity contribution in [2.75, 3.05) is 20.6 Å². The standard InChI is InChI=1S/C25H23FN6O6/c1-12-29-30-23(37-12)25(36)31(3)10-16-11-32-19-18(20(33)17(24(32)35)22(34)27-2)28-9-14(21(19)38-16)8-13-4-6-15(26)7-5-13/h4-7,9,16,33H,8,10-11H2,1-3H3,(H,27,34)/t16-/m0/s1. The molecular weight excluding hydrogens is 499 g/mol. The first-order valence-electron chi connectivity index (χ1n) is 11.6. The van der Waals surface area contributed by atoms with Crippen molar-refractivity contribution in [1.29, 1.82) is 0 Å². The van der Waals surface area contributed by atoms with E-state index in [9.17, 15) is 23.9 Å². The molecule has 13 heteroatoms. The fourth-order valence-electron chi connectivity index (χ4n) is 4.42. The number of benzene rings is 1. The third-order valence-electron chi connectivity index (χ3n) is 6.24. The molecular formula is C25H23FN6O6. The van der Waals surface area contributed by atoms with Gasteiger partial charge in [-0.15, -0.1) is 10.2 Å². The molecule has 0 bridgehead atoms. The van der Waals surface area contributed by atoms with Crippen LogP contribution in [0.15, 0.2) is 39.7 Å². The number of aromatic nitrogens is 4. The maximum Gasteiger partial charge on any atom is 0.311 e. The minimum absolute atomic E-state index is 0.0188. The lowest BCUT2D eigenvalue weighted by Gasteiger charge is -2.31. The van der Waals surface area contributed by atoms with Gasteiger partial charge in [0.25, 0.3) is 11.5 Å². The Kier molecular flexibility index (Phi) is 6.27. The van der Waals surface area contributed by atoms with E-state index in [4.69, 9.17) is 9.15 Å². The molecule has 1 aliphatic rings. The highest BCUT2D eigenvalue weighted by Crippen LogP contribution is 2.37. The predicted molar refractivity (Wildman–Crippen MR) is 131 cm³/mol. The van der Waals surface area contributed by atoms with E-state index in [2.05, 4.69) is 20.5 Å². The summed E-state index contributed by atoms with van der Waals surface area (Å²) in [6.45, 7) is 1.56. The van der Waals surface area contributed by atoms with E-state index in [0.717, 1.165) is 5.56 Å². The summed E-state index contributed by atoms with van der Waals surface area (Å²) in [5.74, 6) is -1.92. The Morgan fingerprint density at radius 1 is 1.26 bits per heavy atom. The third kappa shape index (κ3) is 4.31. The summed E-state index contributed by atoms with van der Waals surface area (Å²) >= 11 is 0. The van der Waals surface area contributed by atoms with Crippen LogP contribution < -0.4 is 15.6 Å². The van der Waals surface area contributed by atoms with Gasteiger partial charge in [-0.3, -0.25) is 23.9 Å². The molecule has 4 heterocycles. The summed E-state index contributed by atoms with van der Waals surface area (Å²) in [6, 6.07) is 5.89. The van der Waals surface area contributed by atoms with Crippen molar-refractivity contribution < 1.29 is 28.2 Å². The Hall–Kier alpha value is -4.81. The second-order valence-corrected chi connectivity index (χ2v) is 8.88. The molecule has 4 aromatic rings. The summed E-state index contributed by atoms with van der Waals surface area (Å²) in [5.41, 5.74) is 0.384. The number of likely N-dealkylation sites (N-methyl/N-ethyl adjacent to an activating group) is 1. The first-order chi connectivity index (χ1) is 18.2. The van der Waals surface area contributed by atoms with E-state index in [-0.39, 0.29) is 53.9 Å². The molecule has 0 fully saturated rings. The van der Waals surface area contributed by atoms with Gasteiger partial charge in [0.15, 0.2) is 11.5 Å². The van der Waals surface area contributed by atoms with Crippen LogP contribution >= 0.6 is 0 Å². The van der Waals surface area contributed by atoms with Gasteiger partial charge in [-0.25, -0.2) is 4.39 Å². The molecule has 1 aliphatic heterocycles. The van der Waals surface area contributed by atoms with E-state index >= 15 is 0 Å². The van der Waals surface area contributed by atoms with Crippen LogP contribution in [0.2, 0.25) is 0 Å². The molecule has 1 aromatic carbocycles. The number of nitrogens with one attached hydrogen (secondary N) is 1. The van der Waals surface area contributed by atoms with Crippen molar-refractivity contribution in [2.45, 2.75) is 26.0 Å². The Labute approximate surface area is 214 Å². The average molecular weight is 522 g/mol. The lowest BCUT2D eigenvalue weighted by atomic mass is 10.0. The number of aromatic hydroxyl groups is 1. The number of carbonyl (C=O) groups is 2. The molecule has 0 radical (unpaired) electrons. The number of rotatable bonds is 6. The largest absolute Gasteiger partial charge is 0.505 e. The molecule has 0 saturated carbocycles. The molecule has 5 rings (SSSR count). The van der Waals surface area contributed by atoms with Crippen LogP contribution in [-0.4, -0.2) is 68.3 Å². The van der Waals surface area contributed by atoms with Crippen molar-refractivity contribution in [1.82, 2.24) is 30.0 Å². The number of halogens is 1. The van der Waals surface area contributed by atoms with Gasteiger partial charge < -0.3 is 24.5 Å². The second-order valence-electron chi connectivity index (χ2n) is 8.88. The second kappa shape index (κ2) is 9.57. The van der Waals surface area contributed by atoms with Crippen LogP contribution in [0.3, 0.4) is 0 Å². The molecule has 1 atom stereocenters. The van der Waals surface area contributed by atoms with E-state index in [1.54, 1.807) is 19.1 Å². The molecule has 2 N–H and O–H groups in total. The van der Waals surface area contributed by atoms with Crippen LogP contribution in [0.4, 0.5) is 4.39 Å².